The second kappa shape index (κ2) is 6.99. The van der Waals surface area contributed by atoms with Gasteiger partial charge in [-0.1, -0.05) is 11.8 Å². The SMILES string of the molecule is COc1ccc(/N=C(/SC)N2CC(c3coc4cc(F)ccc34)C2)cn1. The summed E-state index contributed by atoms with van der Waals surface area (Å²) in [5, 5.41) is 1.94. The number of aromatic nitrogens is 1. The van der Waals surface area contributed by atoms with E-state index in [9.17, 15) is 4.39 Å². The van der Waals surface area contributed by atoms with E-state index >= 15 is 0 Å². The molecule has 3 aromatic rings. The molecule has 4 rings (SSSR count). The van der Waals surface area contributed by atoms with E-state index in [1.165, 1.54) is 12.1 Å². The van der Waals surface area contributed by atoms with Gasteiger partial charge in [0.25, 0.3) is 0 Å². The molecule has 26 heavy (non-hydrogen) atoms. The first-order valence-electron chi connectivity index (χ1n) is 8.22. The lowest BCUT2D eigenvalue weighted by Gasteiger charge is -2.40. The maximum Gasteiger partial charge on any atom is 0.213 e. The van der Waals surface area contributed by atoms with Crippen LogP contribution in [0.2, 0.25) is 0 Å². The van der Waals surface area contributed by atoms with Crippen LogP contribution in [0.15, 0.2) is 52.2 Å². The van der Waals surface area contributed by atoms with Gasteiger partial charge in [-0.05, 0) is 24.5 Å². The van der Waals surface area contributed by atoms with Gasteiger partial charge in [-0.15, -0.1) is 0 Å². The average Bonchev–Trinajstić information content (AvgIpc) is 3.03. The van der Waals surface area contributed by atoms with Crippen LogP contribution in [0.4, 0.5) is 10.1 Å². The number of ether oxygens (including phenoxy) is 1. The second-order valence-electron chi connectivity index (χ2n) is 6.09. The average molecular weight is 371 g/mol. The molecule has 1 aliphatic rings. The Morgan fingerprint density at radius 1 is 1.35 bits per heavy atom. The molecule has 0 saturated carbocycles. The van der Waals surface area contributed by atoms with E-state index in [1.807, 2.05) is 12.3 Å². The molecular formula is C19H18FN3O2S. The van der Waals surface area contributed by atoms with Crippen LogP contribution in [0.25, 0.3) is 11.0 Å². The molecule has 5 nitrogen and oxygen atoms in total. The van der Waals surface area contributed by atoms with Crippen molar-refractivity contribution in [3.63, 3.8) is 0 Å². The van der Waals surface area contributed by atoms with E-state index in [4.69, 9.17) is 9.15 Å². The summed E-state index contributed by atoms with van der Waals surface area (Å²) >= 11 is 1.61. The van der Waals surface area contributed by atoms with Crippen LogP contribution in [-0.4, -0.2) is 41.5 Å². The van der Waals surface area contributed by atoms with E-state index in [1.54, 1.807) is 43.5 Å². The number of pyridine rings is 1. The summed E-state index contributed by atoms with van der Waals surface area (Å²) in [6, 6.07) is 8.38. The van der Waals surface area contributed by atoms with E-state index in [2.05, 4.69) is 14.9 Å². The lowest BCUT2D eigenvalue weighted by atomic mass is 9.92. The van der Waals surface area contributed by atoms with Gasteiger partial charge >= 0.3 is 0 Å². The van der Waals surface area contributed by atoms with Crippen LogP contribution in [0.5, 0.6) is 5.88 Å². The van der Waals surface area contributed by atoms with Gasteiger partial charge in [0.15, 0.2) is 5.17 Å². The highest BCUT2D eigenvalue weighted by atomic mass is 32.2. The Balaban J connectivity index is 1.48. The number of hydrogen-bond donors (Lipinski definition) is 0. The molecule has 0 atom stereocenters. The van der Waals surface area contributed by atoms with Crippen molar-refractivity contribution < 1.29 is 13.5 Å². The molecule has 134 valence electrons. The number of likely N-dealkylation sites (tertiary alicyclic amines) is 1. The van der Waals surface area contributed by atoms with Gasteiger partial charge in [0.2, 0.25) is 5.88 Å². The molecule has 1 saturated heterocycles. The van der Waals surface area contributed by atoms with Crippen molar-refractivity contribution in [1.29, 1.82) is 0 Å². The van der Waals surface area contributed by atoms with Gasteiger partial charge in [-0.2, -0.15) is 0 Å². The minimum atomic E-state index is -0.279. The van der Waals surface area contributed by atoms with E-state index in [-0.39, 0.29) is 5.82 Å². The fraction of sp³-hybridized carbons (Fsp3) is 0.263. The number of fused-ring (bicyclic) bond motifs is 1. The molecular weight excluding hydrogens is 353 g/mol. The number of rotatable bonds is 3. The highest BCUT2D eigenvalue weighted by Gasteiger charge is 2.32. The number of hydrogen-bond acceptors (Lipinski definition) is 5. The monoisotopic (exact) mass is 371 g/mol. The molecule has 0 N–H and O–H groups in total. The minimum absolute atomic E-state index is 0.279. The van der Waals surface area contributed by atoms with Crippen molar-refractivity contribution in [3.05, 3.63) is 54.2 Å². The van der Waals surface area contributed by atoms with Crippen molar-refractivity contribution in [2.24, 2.45) is 4.99 Å². The third kappa shape index (κ3) is 3.14. The molecule has 0 spiro atoms. The fourth-order valence-electron chi connectivity index (χ4n) is 3.09. The molecule has 3 heterocycles. The number of halogens is 1. The number of nitrogens with zero attached hydrogens (tertiary/aromatic N) is 3. The van der Waals surface area contributed by atoms with Crippen LogP contribution >= 0.6 is 11.8 Å². The van der Waals surface area contributed by atoms with Crippen molar-refractivity contribution >= 4 is 33.6 Å². The number of furan rings is 1. The van der Waals surface area contributed by atoms with Gasteiger partial charge in [0.1, 0.15) is 11.4 Å². The third-order valence-corrected chi connectivity index (χ3v) is 5.21. The predicted molar refractivity (Wildman–Crippen MR) is 102 cm³/mol. The van der Waals surface area contributed by atoms with Crippen molar-refractivity contribution in [1.82, 2.24) is 9.88 Å². The first-order valence-corrected chi connectivity index (χ1v) is 9.44. The first kappa shape index (κ1) is 16.9. The minimum Gasteiger partial charge on any atom is -0.481 e. The first-order chi connectivity index (χ1) is 12.7. The van der Waals surface area contributed by atoms with Gasteiger partial charge < -0.3 is 14.1 Å². The summed E-state index contributed by atoms with van der Waals surface area (Å²) in [5.74, 6) is 0.647. The molecule has 0 amide bonds. The van der Waals surface area contributed by atoms with Crippen LogP contribution in [0.1, 0.15) is 11.5 Å². The summed E-state index contributed by atoms with van der Waals surface area (Å²) in [6.07, 6.45) is 5.46. The number of aliphatic imine (C=N–C) groups is 1. The highest BCUT2D eigenvalue weighted by molar-refractivity contribution is 8.13. The quantitative estimate of drug-likeness (QED) is 0.504. The fourth-order valence-corrected chi connectivity index (χ4v) is 3.69. The summed E-state index contributed by atoms with van der Waals surface area (Å²) in [6.45, 7) is 1.71. The molecule has 2 aromatic heterocycles. The Morgan fingerprint density at radius 3 is 2.88 bits per heavy atom. The van der Waals surface area contributed by atoms with Gasteiger partial charge in [0.05, 0.1) is 25.3 Å². The molecule has 0 unspecified atom stereocenters. The predicted octanol–water partition coefficient (Wildman–Crippen LogP) is 4.43. The van der Waals surface area contributed by atoms with Crippen LogP contribution in [0, 0.1) is 5.82 Å². The van der Waals surface area contributed by atoms with E-state index in [0.29, 0.717) is 17.4 Å². The van der Waals surface area contributed by atoms with E-state index in [0.717, 1.165) is 34.9 Å². The van der Waals surface area contributed by atoms with Gasteiger partial charge in [-0.3, -0.25) is 0 Å². The number of benzene rings is 1. The molecule has 0 bridgehead atoms. The molecule has 1 aromatic carbocycles. The van der Waals surface area contributed by atoms with Crippen molar-refractivity contribution in [3.8, 4) is 5.88 Å². The zero-order valence-electron chi connectivity index (χ0n) is 14.5. The lowest BCUT2D eigenvalue weighted by Crippen LogP contribution is -2.47. The number of amidine groups is 1. The highest BCUT2D eigenvalue weighted by Crippen LogP contribution is 2.35. The normalized spacial score (nSPS) is 15.3. The van der Waals surface area contributed by atoms with Crippen LogP contribution in [-0.2, 0) is 0 Å². The van der Waals surface area contributed by atoms with Crippen LogP contribution in [0.3, 0.4) is 0 Å². The summed E-state index contributed by atoms with van der Waals surface area (Å²) in [5.41, 5.74) is 2.52. The maximum absolute atomic E-state index is 13.3. The molecule has 7 heteroatoms. The zero-order chi connectivity index (χ0) is 18.1. The van der Waals surface area contributed by atoms with E-state index < -0.39 is 0 Å². The molecule has 0 aliphatic carbocycles. The molecule has 0 radical (unpaired) electrons. The van der Waals surface area contributed by atoms with Gasteiger partial charge in [-0.25, -0.2) is 14.4 Å². The smallest absolute Gasteiger partial charge is 0.213 e. The van der Waals surface area contributed by atoms with Crippen LogP contribution < -0.4 is 4.74 Å². The summed E-state index contributed by atoms with van der Waals surface area (Å²) in [7, 11) is 1.59. The Kier molecular flexibility index (Phi) is 4.55. The number of methoxy groups -OCH3 is 1. The Labute approximate surface area is 154 Å². The summed E-state index contributed by atoms with van der Waals surface area (Å²) in [4.78, 5) is 11.1. The third-order valence-electron chi connectivity index (χ3n) is 4.50. The molecule has 1 fully saturated rings. The maximum atomic E-state index is 13.3. The topological polar surface area (TPSA) is 50.9 Å². The summed E-state index contributed by atoms with van der Waals surface area (Å²) < 4.78 is 23.9. The zero-order valence-corrected chi connectivity index (χ0v) is 15.3. The number of thioether (sulfide) groups is 1. The van der Waals surface area contributed by atoms with Crippen molar-refractivity contribution in [2.45, 2.75) is 5.92 Å². The lowest BCUT2D eigenvalue weighted by molar-refractivity contribution is 0.258. The Hall–Kier alpha value is -2.54. The Bertz CT molecular complexity index is 949. The largest absolute Gasteiger partial charge is 0.481 e. The Morgan fingerprint density at radius 2 is 2.19 bits per heavy atom. The standard InChI is InChI=1S/C19H18FN3O2S/c1-24-18-6-4-14(8-21-18)22-19(26-2)23-9-12(10-23)16-11-25-17-7-13(20)3-5-15(16)17/h3-8,11-12H,9-10H2,1-2H3/b22-19+. The van der Waals surface area contributed by atoms with Crippen molar-refractivity contribution in [2.75, 3.05) is 26.5 Å². The second-order valence-corrected chi connectivity index (χ2v) is 6.86. The van der Waals surface area contributed by atoms with Gasteiger partial charge in [0, 0.05) is 42.1 Å². The molecule has 1 aliphatic heterocycles.